The number of nitrogens with two attached hydrogens (primary N) is 2. The molecule has 0 saturated heterocycles. The lowest BCUT2D eigenvalue weighted by Gasteiger charge is -2.41. The fourth-order valence-corrected chi connectivity index (χ4v) is 2.28. The van der Waals surface area contributed by atoms with E-state index in [2.05, 4.69) is 21.1 Å². The summed E-state index contributed by atoms with van der Waals surface area (Å²) >= 11 is 0. The van der Waals surface area contributed by atoms with Crippen LogP contribution in [0.3, 0.4) is 0 Å². The summed E-state index contributed by atoms with van der Waals surface area (Å²) in [4.78, 5) is 0. The molecule has 0 aliphatic heterocycles. The van der Waals surface area contributed by atoms with Crippen molar-refractivity contribution in [2.24, 2.45) is 17.4 Å². The van der Waals surface area contributed by atoms with Crippen molar-refractivity contribution in [2.75, 3.05) is 27.7 Å². The molecular weight excluding hydrogens is 162 g/mol. The maximum absolute atomic E-state index is 6.02. The number of rotatable bonds is 2. The molecular formula is C10H24N3+. The van der Waals surface area contributed by atoms with Crippen molar-refractivity contribution in [2.45, 2.75) is 31.3 Å². The molecule has 1 aliphatic carbocycles. The fourth-order valence-electron chi connectivity index (χ4n) is 2.28. The Balaban J connectivity index is 2.57. The van der Waals surface area contributed by atoms with E-state index in [1.54, 1.807) is 0 Å². The first kappa shape index (κ1) is 11.0. The minimum atomic E-state index is 0.365. The van der Waals surface area contributed by atoms with Crippen LogP contribution in [0.1, 0.15) is 19.3 Å². The van der Waals surface area contributed by atoms with Crippen molar-refractivity contribution < 1.29 is 4.48 Å². The first-order chi connectivity index (χ1) is 5.93. The van der Waals surface area contributed by atoms with Crippen molar-refractivity contribution >= 4 is 0 Å². The summed E-state index contributed by atoms with van der Waals surface area (Å²) in [5.74, 6) is 0.645. The molecule has 0 heterocycles. The molecule has 1 aliphatic rings. The zero-order valence-corrected chi connectivity index (χ0v) is 9.16. The van der Waals surface area contributed by atoms with E-state index in [1.807, 2.05) is 0 Å². The zero-order chi connectivity index (χ0) is 10.1. The summed E-state index contributed by atoms with van der Waals surface area (Å²) in [6.45, 7) is 0.796. The highest BCUT2D eigenvalue weighted by Crippen LogP contribution is 2.27. The van der Waals surface area contributed by atoms with Gasteiger partial charge in [0.2, 0.25) is 0 Å². The van der Waals surface area contributed by atoms with Gasteiger partial charge < -0.3 is 16.0 Å². The second-order valence-electron chi connectivity index (χ2n) is 5.34. The van der Waals surface area contributed by atoms with Gasteiger partial charge in [0.1, 0.15) is 0 Å². The first-order valence-electron chi connectivity index (χ1n) is 5.20. The van der Waals surface area contributed by atoms with Gasteiger partial charge in [0.25, 0.3) is 0 Å². The molecule has 1 rings (SSSR count). The predicted molar refractivity (Wildman–Crippen MR) is 56.2 cm³/mol. The molecule has 3 unspecified atom stereocenters. The van der Waals surface area contributed by atoms with Gasteiger partial charge in [-0.15, -0.1) is 0 Å². The monoisotopic (exact) mass is 186 g/mol. The molecule has 0 aromatic rings. The molecule has 4 N–H and O–H groups in total. The van der Waals surface area contributed by atoms with E-state index < -0.39 is 0 Å². The SMILES string of the molecule is C[N+](C)(C)C1CC(N)CC(CN)C1. The third kappa shape index (κ3) is 2.93. The maximum atomic E-state index is 6.02. The van der Waals surface area contributed by atoms with Crippen molar-refractivity contribution in [3.63, 3.8) is 0 Å². The van der Waals surface area contributed by atoms with E-state index in [-0.39, 0.29) is 0 Å². The standard InChI is InChI=1S/C10H24N3/c1-13(2,3)10-5-8(7-11)4-9(12)6-10/h8-10H,4-7,11-12H2,1-3H3/q+1. The summed E-state index contributed by atoms with van der Waals surface area (Å²) in [6.07, 6.45) is 3.51. The van der Waals surface area contributed by atoms with Crippen LogP contribution < -0.4 is 11.5 Å². The average Bonchev–Trinajstić information content (AvgIpc) is 2.01. The van der Waals surface area contributed by atoms with Crippen LogP contribution in [0.25, 0.3) is 0 Å². The van der Waals surface area contributed by atoms with Crippen molar-refractivity contribution in [3.8, 4) is 0 Å². The third-order valence-corrected chi connectivity index (χ3v) is 3.25. The van der Waals surface area contributed by atoms with Gasteiger partial charge in [-0.3, -0.25) is 0 Å². The van der Waals surface area contributed by atoms with Gasteiger partial charge in [0.15, 0.2) is 0 Å². The highest BCUT2D eigenvalue weighted by molar-refractivity contribution is 4.81. The largest absolute Gasteiger partial charge is 0.330 e. The van der Waals surface area contributed by atoms with Gasteiger partial charge in [0, 0.05) is 18.9 Å². The summed E-state index contributed by atoms with van der Waals surface area (Å²) < 4.78 is 1.02. The van der Waals surface area contributed by atoms with Crippen LogP contribution in [0, 0.1) is 5.92 Å². The Labute approximate surface area is 81.7 Å². The Morgan fingerprint density at radius 2 is 1.77 bits per heavy atom. The van der Waals surface area contributed by atoms with Gasteiger partial charge in [-0.05, 0) is 18.9 Å². The van der Waals surface area contributed by atoms with E-state index in [4.69, 9.17) is 11.5 Å². The van der Waals surface area contributed by atoms with Crippen LogP contribution in [-0.2, 0) is 0 Å². The lowest BCUT2D eigenvalue weighted by atomic mass is 9.82. The smallest absolute Gasteiger partial charge is 0.0902 e. The number of nitrogens with zero attached hydrogens (tertiary/aromatic N) is 1. The van der Waals surface area contributed by atoms with Gasteiger partial charge in [-0.2, -0.15) is 0 Å². The van der Waals surface area contributed by atoms with Crippen LogP contribution in [0.4, 0.5) is 0 Å². The van der Waals surface area contributed by atoms with Crippen molar-refractivity contribution in [1.82, 2.24) is 0 Å². The lowest BCUT2D eigenvalue weighted by molar-refractivity contribution is -0.898. The molecule has 0 spiro atoms. The van der Waals surface area contributed by atoms with Gasteiger partial charge in [0.05, 0.1) is 27.2 Å². The summed E-state index contributed by atoms with van der Waals surface area (Å²) in [7, 11) is 6.74. The van der Waals surface area contributed by atoms with Crippen LogP contribution in [0.5, 0.6) is 0 Å². The minimum Gasteiger partial charge on any atom is -0.330 e. The predicted octanol–water partition coefficient (Wildman–Crippen LogP) is 0.147. The normalized spacial score (nSPS) is 36.2. The van der Waals surface area contributed by atoms with E-state index in [0.29, 0.717) is 18.0 Å². The van der Waals surface area contributed by atoms with Gasteiger partial charge in [-0.1, -0.05) is 0 Å². The molecule has 13 heavy (non-hydrogen) atoms. The first-order valence-corrected chi connectivity index (χ1v) is 5.20. The molecule has 3 nitrogen and oxygen atoms in total. The van der Waals surface area contributed by atoms with Crippen molar-refractivity contribution in [3.05, 3.63) is 0 Å². The Hall–Kier alpha value is -0.120. The molecule has 0 aromatic carbocycles. The Morgan fingerprint density at radius 1 is 1.15 bits per heavy atom. The zero-order valence-electron chi connectivity index (χ0n) is 9.16. The molecule has 3 atom stereocenters. The highest BCUT2D eigenvalue weighted by Gasteiger charge is 2.33. The van der Waals surface area contributed by atoms with Crippen LogP contribution in [0.2, 0.25) is 0 Å². The molecule has 0 aromatic heterocycles. The van der Waals surface area contributed by atoms with Gasteiger partial charge in [-0.25, -0.2) is 0 Å². The summed E-state index contributed by atoms with van der Waals surface area (Å²) in [5, 5.41) is 0. The second kappa shape index (κ2) is 3.95. The Morgan fingerprint density at radius 3 is 2.23 bits per heavy atom. The molecule has 0 amide bonds. The van der Waals surface area contributed by atoms with Crippen molar-refractivity contribution in [1.29, 1.82) is 0 Å². The van der Waals surface area contributed by atoms with E-state index in [1.165, 1.54) is 6.42 Å². The Bertz CT molecular complexity index is 162. The van der Waals surface area contributed by atoms with Crippen LogP contribution >= 0.6 is 0 Å². The van der Waals surface area contributed by atoms with Crippen LogP contribution in [-0.4, -0.2) is 44.3 Å². The van der Waals surface area contributed by atoms with E-state index in [9.17, 15) is 0 Å². The Kier molecular flexibility index (Phi) is 3.33. The van der Waals surface area contributed by atoms with Crippen LogP contribution in [0.15, 0.2) is 0 Å². The van der Waals surface area contributed by atoms with Gasteiger partial charge >= 0.3 is 0 Å². The molecule has 78 valence electrons. The molecule has 1 saturated carbocycles. The quantitative estimate of drug-likeness (QED) is 0.603. The average molecular weight is 186 g/mol. The number of hydrogen-bond donors (Lipinski definition) is 2. The fraction of sp³-hybridized carbons (Fsp3) is 1.00. The molecule has 3 heteroatoms. The minimum absolute atomic E-state index is 0.365. The maximum Gasteiger partial charge on any atom is 0.0902 e. The molecule has 1 fully saturated rings. The lowest BCUT2D eigenvalue weighted by Crippen LogP contribution is -2.52. The number of hydrogen-bond acceptors (Lipinski definition) is 2. The summed E-state index contributed by atoms with van der Waals surface area (Å²) in [5.41, 5.74) is 11.7. The highest BCUT2D eigenvalue weighted by atomic mass is 15.3. The topological polar surface area (TPSA) is 52.0 Å². The summed E-state index contributed by atoms with van der Waals surface area (Å²) in [6, 6.07) is 1.06. The van der Waals surface area contributed by atoms with E-state index >= 15 is 0 Å². The second-order valence-corrected chi connectivity index (χ2v) is 5.34. The third-order valence-electron chi connectivity index (χ3n) is 3.25. The number of quaternary nitrogens is 1. The van der Waals surface area contributed by atoms with E-state index in [0.717, 1.165) is 23.9 Å². The molecule has 0 bridgehead atoms. The molecule has 0 radical (unpaired) electrons.